The topological polar surface area (TPSA) is 142 Å². The molecule has 1 aromatic heterocycles. The fourth-order valence-electron chi connectivity index (χ4n) is 2.44. The van der Waals surface area contributed by atoms with Crippen molar-refractivity contribution in [2.45, 2.75) is 37.4 Å². The minimum Gasteiger partial charge on any atom is -0.500 e. The van der Waals surface area contributed by atoms with E-state index in [0.29, 0.717) is 0 Å². The highest BCUT2D eigenvalue weighted by molar-refractivity contribution is 5.51. The summed E-state index contributed by atoms with van der Waals surface area (Å²) in [6, 6.07) is 1.05. The van der Waals surface area contributed by atoms with E-state index in [4.69, 9.17) is 4.74 Å². The fourth-order valence-corrected chi connectivity index (χ4v) is 2.44. The summed E-state index contributed by atoms with van der Waals surface area (Å²) in [5.41, 5.74) is -3.22. The number of aliphatic hydroxyl groups excluding tert-OH is 3. The van der Waals surface area contributed by atoms with Crippen LogP contribution in [0.4, 0.5) is 0 Å². The molecule has 9 heteroatoms. The molecule has 1 fully saturated rings. The number of aromatic amines is 1. The van der Waals surface area contributed by atoms with E-state index in [-0.39, 0.29) is 6.42 Å². The number of ether oxygens (including phenoxy) is 1. The molecule has 0 radical (unpaired) electrons. The first kappa shape index (κ1) is 15.2. The average Bonchev–Trinajstić information content (AvgIpc) is 2.72. The third-order valence-electron chi connectivity index (χ3n) is 3.54. The molecule has 2 heterocycles. The van der Waals surface area contributed by atoms with E-state index in [9.17, 15) is 29.7 Å². The van der Waals surface area contributed by atoms with Gasteiger partial charge in [-0.3, -0.25) is 14.3 Å². The third-order valence-corrected chi connectivity index (χ3v) is 3.54. The Bertz CT molecular complexity index is 702. The molecular formula is C12H14N2O7. The zero-order valence-electron chi connectivity index (χ0n) is 11.0. The summed E-state index contributed by atoms with van der Waals surface area (Å²) in [7, 11) is 0. The van der Waals surface area contributed by atoms with Crippen molar-refractivity contribution >= 4 is 5.94 Å². The maximum absolute atomic E-state index is 11.9. The molecule has 0 spiro atoms. The first-order valence-corrected chi connectivity index (χ1v) is 6.17. The van der Waals surface area contributed by atoms with E-state index < -0.39 is 41.0 Å². The fraction of sp³-hybridized carbons (Fsp3) is 0.500. The molecule has 4 N–H and O–H groups in total. The minimum atomic E-state index is -1.73. The summed E-state index contributed by atoms with van der Waals surface area (Å²) in [5, 5.41) is 29.5. The molecule has 0 unspecified atom stereocenters. The van der Waals surface area contributed by atoms with Crippen molar-refractivity contribution < 1.29 is 24.9 Å². The van der Waals surface area contributed by atoms with E-state index >= 15 is 0 Å². The Morgan fingerprint density at radius 1 is 1.52 bits per heavy atom. The lowest BCUT2D eigenvalue weighted by molar-refractivity contribution is -0.144. The van der Waals surface area contributed by atoms with Crippen LogP contribution in [0.15, 0.2) is 27.6 Å². The Morgan fingerprint density at radius 2 is 2.19 bits per heavy atom. The van der Waals surface area contributed by atoms with Crippen molar-refractivity contribution in [2.24, 2.45) is 0 Å². The molecule has 2 rings (SSSR count). The van der Waals surface area contributed by atoms with Crippen LogP contribution in [0.25, 0.3) is 0 Å². The van der Waals surface area contributed by atoms with Crippen molar-refractivity contribution in [3.63, 3.8) is 0 Å². The summed E-state index contributed by atoms with van der Waals surface area (Å²) in [5.74, 6) is 0.254. The molecule has 1 aliphatic heterocycles. The molecule has 4 atom stereocenters. The summed E-state index contributed by atoms with van der Waals surface area (Å²) < 4.78 is 6.28. The highest BCUT2D eigenvalue weighted by atomic mass is 16.6. The molecule has 0 amide bonds. The van der Waals surface area contributed by atoms with Crippen molar-refractivity contribution in [3.8, 4) is 0 Å². The van der Waals surface area contributed by atoms with Crippen LogP contribution in [0.3, 0.4) is 0 Å². The predicted octanol–water partition coefficient (Wildman–Crippen LogP) is -2.01. The molecule has 114 valence electrons. The van der Waals surface area contributed by atoms with Crippen LogP contribution >= 0.6 is 0 Å². The van der Waals surface area contributed by atoms with E-state index in [0.717, 1.165) is 16.8 Å². The number of hydrogen-bond acceptors (Lipinski definition) is 7. The number of rotatable bonds is 3. The van der Waals surface area contributed by atoms with Gasteiger partial charge in [0.2, 0.25) is 5.76 Å². The van der Waals surface area contributed by atoms with Gasteiger partial charge in [0.25, 0.3) is 5.56 Å². The van der Waals surface area contributed by atoms with E-state index in [1.165, 1.54) is 5.94 Å². The molecule has 1 saturated heterocycles. The van der Waals surface area contributed by atoms with Gasteiger partial charge in [0, 0.05) is 12.3 Å². The molecule has 0 saturated carbocycles. The van der Waals surface area contributed by atoms with Gasteiger partial charge >= 0.3 is 5.69 Å². The highest BCUT2D eigenvalue weighted by Gasteiger charge is 2.56. The Kier molecular flexibility index (Phi) is 3.84. The molecule has 21 heavy (non-hydrogen) atoms. The first-order chi connectivity index (χ1) is 9.87. The smallest absolute Gasteiger partial charge is 0.330 e. The molecule has 1 aliphatic rings. The van der Waals surface area contributed by atoms with Crippen molar-refractivity contribution in [1.82, 2.24) is 9.55 Å². The Hall–Kier alpha value is -2.19. The number of nitrogens with zero attached hydrogens (tertiary/aromatic N) is 1. The predicted molar refractivity (Wildman–Crippen MR) is 68.3 cm³/mol. The SMILES string of the molecule is CC[C@@]1(n2ccc(=O)[nH]c2=O)O[C@H](C(O)=C=O)[C@@H](O)[C@H]1O. The molecular weight excluding hydrogens is 284 g/mol. The molecule has 9 nitrogen and oxygen atoms in total. The van der Waals surface area contributed by atoms with Gasteiger partial charge in [-0.2, -0.15) is 0 Å². The van der Waals surface area contributed by atoms with Gasteiger partial charge in [-0.15, -0.1) is 0 Å². The Labute approximate surface area is 117 Å². The highest BCUT2D eigenvalue weighted by Crippen LogP contribution is 2.38. The van der Waals surface area contributed by atoms with E-state index in [1.54, 1.807) is 6.92 Å². The largest absolute Gasteiger partial charge is 0.500 e. The second-order valence-corrected chi connectivity index (χ2v) is 4.64. The lowest BCUT2D eigenvalue weighted by Crippen LogP contribution is -2.51. The molecule has 1 aromatic rings. The zero-order valence-corrected chi connectivity index (χ0v) is 11.0. The van der Waals surface area contributed by atoms with Crippen LogP contribution in [0.5, 0.6) is 0 Å². The first-order valence-electron chi connectivity index (χ1n) is 6.17. The Balaban J connectivity index is 2.59. The van der Waals surface area contributed by atoms with Crippen molar-refractivity contribution in [3.05, 3.63) is 38.9 Å². The second kappa shape index (κ2) is 5.30. The van der Waals surface area contributed by atoms with E-state index in [2.05, 4.69) is 0 Å². The second-order valence-electron chi connectivity index (χ2n) is 4.64. The van der Waals surface area contributed by atoms with Gasteiger partial charge in [-0.25, -0.2) is 9.59 Å². The van der Waals surface area contributed by atoms with Crippen molar-refractivity contribution in [2.75, 3.05) is 0 Å². The van der Waals surface area contributed by atoms with Gasteiger partial charge in [-0.1, -0.05) is 6.92 Å². The van der Waals surface area contributed by atoms with Crippen molar-refractivity contribution in [1.29, 1.82) is 0 Å². The Morgan fingerprint density at radius 3 is 2.71 bits per heavy atom. The van der Waals surface area contributed by atoms with Crippen LogP contribution in [-0.4, -0.2) is 49.1 Å². The lowest BCUT2D eigenvalue weighted by Gasteiger charge is -2.32. The third kappa shape index (κ3) is 2.22. The summed E-state index contributed by atoms with van der Waals surface area (Å²) in [4.78, 5) is 35.5. The molecule has 0 aliphatic carbocycles. The van der Waals surface area contributed by atoms with Gasteiger partial charge < -0.3 is 20.1 Å². The van der Waals surface area contributed by atoms with Gasteiger partial charge in [0.1, 0.15) is 12.2 Å². The molecule has 0 aromatic carbocycles. The number of H-pyrrole nitrogens is 1. The van der Waals surface area contributed by atoms with Crippen LogP contribution in [-0.2, 0) is 15.3 Å². The van der Waals surface area contributed by atoms with Gasteiger partial charge in [0.05, 0.1) is 0 Å². The number of hydrogen-bond donors (Lipinski definition) is 4. The normalized spacial score (nSPS) is 31.9. The quantitative estimate of drug-likeness (QED) is 0.373. The summed E-state index contributed by atoms with van der Waals surface area (Å²) >= 11 is 0. The van der Waals surface area contributed by atoms with E-state index in [1.807, 2.05) is 4.98 Å². The number of aliphatic hydroxyl groups is 3. The number of carbonyl (C=O) groups excluding carboxylic acids is 1. The van der Waals surface area contributed by atoms with Crippen LogP contribution in [0.2, 0.25) is 0 Å². The maximum atomic E-state index is 11.9. The van der Waals surface area contributed by atoms with Gasteiger partial charge in [-0.05, 0) is 6.42 Å². The lowest BCUT2D eigenvalue weighted by atomic mass is 9.99. The zero-order chi connectivity index (χ0) is 15.8. The standard InChI is InChI=1S/C12H14N2O7/c1-2-12(14-4-3-7(17)13-11(14)20)10(19)8(18)9(21-12)6(16)5-15/h3-4,8-10,16,18-19H,2H2,1H3,(H,13,17,20)/t8-,9-,10-,12-/m1/s1. The monoisotopic (exact) mass is 298 g/mol. The number of nitrogens with one attached hydrogen (secondary N) is 1. The van der Waals surface area contributed by atoms with Crippen LogP contribution in [0, 0.1) is 0 Å². The maximum Gasteiger partial charge on any atom is 0.330 e. The summed E-state index contributed by atoms with van der Waals surface area (Å²) in [6.45, 7) is 1.57. The van der Waals surface area contributed by atoms with Crippen LogP contribution in [0.1, 0.15) is 13.3 Å². The molecule has 0 bridgehead atoms. The minimum absolute atomic E-state index is 0.0276. The average molecular weight is 298 g/mol. The van der Waals surface area contributed by atoms with Crippen LogP contribution < -0.4 is 11.2 Å². The summed E-state index contributed by atoms with van der Waals surface area (Å²) in [6.07, 6.45) is -3.63. The number of aromatic nitrogens is 2. The van der Waals surface area contributed by atoms with Gasteiger partial charge in [0.15, 0.2) is 17.8 Å².